The number of nitrogens with zero attached hydrogens (tertiary/aromatic N) is 1. The van der Waals surface area contributed by atoms with E-state index in [0.717, 1.165) is 12.8 Å². The summed E-state index contributed by atoms with van der Waals surface area (Å²) in [6.07, 6.45) is 10.1. The van der Waals surface area contributed by atoms with Crippen molar-refractivity contribution in [3.63, 3.8) is 0 Å². The summed E-state index contributed by atoms with van der Waals surface area (Å²) in [5.41, 5.74) is 2.74. The molecule has 0 heterocycles. The van der Waals surface area contributed by atoms with Crippen molar-refractivity contribution in [1.82, 2.24) is 0 Å². The molecule has 1 nitrogen and oxygen atoms in total. The Hall–Kier alpha value is -0.850. The lowest BCUT2D eigenvalue weighted by molar-refractivity contribution is 0.233. The zero-order valence-corrected chi connectivity index (χ0v) is 12.3. The first kappa shape index (κ1) is 14.2. The van der Waals surface area contributed by atoms with Gasteiger partial charge >= 0.3 is 0 Å². The Balaban J connectivity index is 3.02. The SMILES string of the molecule is CC/C(=N/C(C)(C)C(C)(C)C)C1=CCCC=C1. The van der Waals surface area contributed by atoms with Crippen LogP contribution in [0.5, 0.6) is 0 Å². The normalized spacial score (nSPS) is 18.2. The average Bonchev–Trinajstić information content (AvgIpc) is 2.25. The van der Waals surface area contributed by atoms with Crippen molar-refractivity contribution in [2.75, 3.05) is 0 Å². The quantitative estimate of drug-likeness (QED) is 0.612. The van der Waals surface area contributed by atoms with Crippen molar-refractivity contribution >= 4 is 5.71 Å². The highest BCUT2D eigenvalue weighted by atomic mass is 14.9. The Morgan fingerprint density at radius 2 is 1.82 bits per heavy atom. The average molecular weight is 233 g/mol. The van der Waals surface area contributed by atoms with E-state index >= 15 is 0 Å². The zero-order chi connectivity index (χ0) is 13.1. The molecule has 0 spiro atoms. The summed E-state index contributed by atoms with van der Waals surface area (Å²) in [5, 5.41) is 0. The molecule has 1 heteroatoms. The van der Waals surface area contributed by atoms with Gasteiger partial charge in [0.25, 0.3) is 0 Å². The van der Waals surface area contributed by atoms with Crippen LogP contribution in [0, 0.1) is 5.41 Å². The second-order valence-corrected chi connectivity index (χ2v) is 6.36. The third kappa shape index (κ3) is 3.55. The molecule has 0 saturated heterocycles. The van der Waals surface area contributed by atoms with E-state index in [1.807, 2.05) is 0 Å². The van der Waals surface area contributed by atoms with Crippen molar-refractivity contribution in [1.29, 1.82) is 0 Å². The molecule has 1 aliphatic rings. The molecule has 17 heavy (non-hydrogen) atoms. The Bertz CT molecular complexity index is 348. The van der Waals surface area contributed by atoms with Crippen molar-refractivity contribution in [3.05, 3.63) is 23.8 Å². The van der Waals surface area contributed by atoms with Gasteiger partial charge in [0.2, 0.25) is 0 Å². The predicted octanol–water partition coefficient (Wildman–Crippen LogP) is 4.94. The largest absolute Gasteiger partial charge is 0.283 e. The minimum absolute atomic E-state index is 0.0233. The van der Waals surface area contributed by atoms with Gasteiger partial charge in [-0.3, -0.25) is 4.99 Å². The van der Waals surface area contributed by atoms with Gasteiger partial charge in [0.15, 0.2) is 0 Å². The fraction of sp³-hybridized carbons (Fsp3) is 0.688. The third-order valence-corrected chi connectivity index (χ3v) is 3.91. The molecule has 0 aromatic rings. The summed E-state index contributed by atoms with van der Waals surface area (Å²) >= 11 is 0. The molecule has 0 radical (unpaired) electrons. The number of rotatable bonds is 3. The highest BCUT2D eigenvalue weighted by Gasteiger charge is 2.32. The van der Waals surface area contributed by atoms with Gasteiger partial charge in [0.1, 0.15) is 0 Å². The molecule has 0 N–H and O–H groups in total. The van der Waals surface area contributed by atoms with Crippen LogP contribution < -0.4 is 0 Å². The topological polar surface area (TPSA) is 12.4 Å². The van der Waals surface area contributed by atoms with Crippen LogP contribution in [0.2, 0.25) is 0 Å². The Morgan fingerprint density at radius 3 is 2.24 bits per heavy atom. The molecule has 96 valence electrons. The Labute approximate surface area is 107 Å². The number of hydrogen-bond donors (Lipinski definition) is 0. The van der Waals surface area contributed by atoms with E-state index in [2.05, 4.69) is 59.8 Å². The summed E-state index contributed by atoms with van der Waals surface area (Å²) in [6.45, 7) is 13.4. The molecule has 1 rings (SSSR count). The van der Waals surface area contributed by atoms with E-state index in [-0.39, 0.29) is 11.0 Å². The third-order valence-electron chi connectivity index (χ3n) is 3.91. The van der Waals surface area contributed by atoms with Crippen LogP contribution in [-0.2, 0) is 0 Å². The standard InChI is InChI=1S/C16H27N/c1-7-14(13-11-9-8-10-12-13)17-16(5,6)15(2,3)4/h9,11-12H,7-8,10H2,1-6H3/b17-14-. The second-order valence-electron chi connectivity index (χ2n) is 6.36. The summed E-state index contributed by atoms with van der Waals surface area (Å²) in [7, 11) is 0. The van der Waals surface area contributed by atoms with Crippen molar-refractivity contribution in [2.45, 2.75) is 66.3 Å². The van der Waals surface area contributed by atoms with Gasteiger partial charge in [-0.15, -0.1) is 0 Å². The fourth-order valence-corrected chi connectivity index (χ4v) is 1.68. The summed E-state index contributed by atoms with van der Waals surface area (Å²) in [6, 6.07) is 0. The summed E-state index contributed by atoms with van der Waals surface area (Å²) < 4.78 is 0. The first-order valence-corrected chi connectivity index (χ1v) is 6.74. The maximum absolute atomic E-state index is 5.02. The maximum Gasteiger partial charge on any atom is 0.0603 e. The van der Waals surface area contributed by atoms with Gasteiger partial charge in [-0.25, -0.2) is 0 Å². The van der Waals surface area contributed by atoms with Crippen LogP contribution in [0.4, 0.5) is 0 Å². The fourth-order valence-electron chi connectivity index (χ4n) is 1.68. The smallest absolute Gasteiger partial charge is 0.0603 e. The molecule has 0 fully saturated rings. The molecule has 0 atom stereocenters. The van der Waals surface area contributed by atoms with E-state index in [1.165, 1.54) is 17.7 Å². The van der Waals surface area contributed by atoms with Crippen LogP contribution in [0.15, 0.2) is 28.8 Å². The monoisotopic (exact) mass is 233 g/mol. The van der Waals surface area contributed by atoms with E-state index in [4.69, 9.17) is 4.99 Å². The maximum atomic E-state index is 5.02. The first-order chi connectivity index (χ1) is 7.78. The van der Waals surface area contributed by atoms with Gasteiger partial charge in [-0.1, -0.05) is 45.9 Å². The molecular weight excluding hydrogens is 206 g/mol. The lowest BCUT2D eigenvalue weighted by atomic mass is 9.76. The van der Waals surface area contributed by atoms with Crippen LogP contribution in [-0.4, -0.2) is 11.3 Å². The first-order valence-electron chi connectivity index (χ1n) is 6.74. The molecule has 0 unspecified atom stereocenters. The van der Waals surface area contributed by atoms with Crippen LogP contribution >= 0.6 is 0 Å². The Morgan fingerprint density at radius 1 is 1.18 bits per heavy atom. The van der Waals surface area contributed by atoms with Crippen molar-refractivity contribution in [2.24, 2.45) is 10.4 Å². The van der Waals surface area contributed by atoms with Crippen LogP contribution in [0.3, 0.4) is 0 Å². The van der Waals surface area contributed by atoms with Crippen LogP contribution in [0.25, 0.3) is 0 Å². The lowest BCUT2D eigenvalue weighted by Crippen LogP contribution is -2.35. The van der Waals surface area contributed by atoms with E-state index in [1.54, 1.807) is 0 Å². The van der Waals surface area contributed by atoms with Crippen LogP contribution in [0.1, 0.15) is 60.8 Å². The lowest BCUT2D eigenvalue weighted by Gasteiger charge is -2.36. The molecule has 0 saturated carbocycles. The molecular formula is C16H27N. The summed E-state index contributed by atoms with van der Waals surface area (Å²) in [5.74, 6) is 0. The molecule has 0 aromatic carbocycles. The second kappa shape index (κ2) is 5.20. The number of allylic oxidation sites excluding steroid dienone is 4. The molecule has 0 bridgehead atoms. The predicted molar refractivity (Wildman–Crippen MR) is 77.7 cm³/mol. The van der Waals surface area contributed by atoms with Gasteiger partial charge in [0, 0.05) is 5.71 Å². The number of aliphatic imine (C=N–C) groups is 1. The van der Waals surface area contributed by atoms with Crippen molar-refractivity contribution in [3.8, 4) is 0 Å². The Kier molecular flexibility index (Phi) is 4.35. The van der Waals surface area contributed by atoms with Gasteiger partial charge in [0.05, 0.1) is 5.54 Å². The van der Waals surface area contributed by atoms with Gasteiger partial charge in [-0.2, -0.15) is 0 Å². The van der Waals surface area contributed by atoms with Gasteiger partial charge in [-0.05, 0) is 44.1 Å². The molecule has 0 amide bonds. The highest BCUT2D eigenvalue weighted by Crippen LogP contribution is 2.34. The molecule has 0 aliphatic heterocycles. The number of hydrogen-bond acceptors (Lipinski definition) is 1. The molecule has 1 aliphatic carbocycles. The van der Waals surface area contributed by atoms with E-state index in [0.29, 0.717) is 0 Å². The van der Waals surface area contributed by atoms with Gasteiger partial charge < -0.3 is 0 Å². The van der Waals surface area contributed by atoms with Crippen molar-refractivity contribution < 1.29 is 0 Å². The minimum atomic E-state index is -0.0233. The van der Waals surface area contributed by atoms with E-state index < -0.39 is 0 Å². The van der Waals surface area contributed by atoms with E-state index in [9.17, 15) is 0 Å². The zero-order valence-electron chi connectivity index (χ0n) is 12.3. The minimum Gasteiger partial charge on any atom is -0.283 e. The molecule has 0 aromatic heterocycles. The summed E-state index contributed by atoms with van der Waals surface area (Å²) in [4.78, 5) is 5.02. The highest BCUT2D eigenvalue weighted by molar-refractivity contribution is 6.02.